The molecule has 0 spiro atoms. The molecule has 2 rings (SSSR count). The van der Waals surface area contributed by atoms with E-state index in [2.05, 4.69) is 6.08 Å². The molecule has 0 aromatic heterocycles. The van der Waals surface area contributed by atoms with E-state index in [1.165, 1.54) is 30.5 Å². The first-order valence-corrected chi connectivity index (χ1v) is 7.11. The van der Waals surface area contributed by atoms with Crippen molar-refractivity contribution in [2.75, 3.05) is 12.9 Å². The number of methoxy groups -OCH3 is 1. The van der Waals surface area contributed by atoms with Crippen LogP contribution in [0.1, 0.15) is 18.4 Å². The zero-order valence-corrected chi connectivity index (χ0v) is 11.6. The molecule has 0 bridgehead atoms. The standard InChI is InChI=1S/C14H17FN2OS/c1-18-13-7-9(5-6-12(13)15)11-4-2-3-10(11)8-19-14(16)17/h4-7,10H,2-3,8H2,1H3,(H3,16,17). The lowest BCUT2D eigenvalue weighted by Gasteiger charge is -2.15. The minimum atomic E-state index is -0.348. The third-order valence-electron chi connectivity index (χ3n) is 3.24. The van der Waals surface area contributed by atoms with Crippen LogP contribution in [0.3, 0.4) is 0 Å². The van der Waals surface area contributed by atoms with Gasteiger partial charge in [0.2, 0.25) is 0 Å². The molecule has 0 radical (unpaired) electrons. The Labute approximate surface area is 116 Å². The summed E-state index contributed by atoms with van der Waals surface area (Å²) in [4.78, 5) is 0. The van der Waals surface area contributed by atoms with Crippen LogP contribution in [-0.2, 0) is 0 Å². The van der Waals surface area contributed by atoms with E-state index in [9.17, 15) is 4.39 Å². The maximum atomic E-state index is 13.4. The second kappa shape index (κ2) is 6.10. The van der Waals surface area contributed by atoms with Crippen molar-refractivity contribution in [3.63, 3.8) is 0 Å². The van der Waals surface area contributed by atoms with Gasteiger partial charge in [0.15, 0.2) is 16.7 Å². The first-order valence-electron chi connectivity index (χ1n) is 6.12. The third kappa shape index (κ3) is 3.29. The molecule has 102 valence electrons. The highest BCUT2D eigenvalue weighted by Gasteiger charge is 2.21. The predicted molar refractivity (Wildman–Crippen MR) is 78.0 cm³/mol. The van der Waals surface area contributed by atoms with Crippen LogP contribution in [0.5, 0.6) is 5.75 Å². The molecule has 0 saturated heterocycles. The van der Waals surface area contributed by atoms with Crippen molar-refractivity contribution in [2.45, 2.75) is 12.8 Å². The number of rotatable bonds is 4. The molecule has 1 aromatic carbocycles. The van der Waals surface area contributed by atoms with E-state index in [1.807, 2.05) is 0 Å². The van der Waals surface area contributed by atoms with Crippen molar-refractivity contribution in [2.24, 2.45) is 11.7 Å². The fourth-order valence-corrected chi connectivity index (χ4v) is 3.05. The van der Waals surface area contributed by atoms with Gasteiger partial charge in [-0.05, 0) is 42.0 Å². The highest BCUT2D eigenvalue weighted by molar-refractivity contribution is 8.13. The Morgan fingerprint density at radius 3 is 3.05 bits per heavy atom. The Morgan fingerprint density at radius 1 is 1.58 bits per heavy atom. The molecule has 3 nitrogen and oxygen atoms in total. The molecule has 0 saturated carbocycles. The van der Waals surface area contributed by atoms with Gasteiger partial charge < -0.3 is 10.5 Å². The maximum Gasteiger partial charge on any atom is 0.165 e. The van der Waals surface area contributed by atoms with Crippen LogP contribution in [0.15, 0.2) is 24.3 Å². The molecule has 1 aliphatic carbocycles. The highest BCUT2D eigenvalue weighted by atomic mass is 32.2. The number of amidine groups is 1. The lowest BCUT2D eigenvalue weighted by Crippen LogP contribution is -2.10. The van der Waals surface area contributed by atoms with Crippen LogP contribution in [0.2, 0.25) is 0 Å². The molecule has 0 amide bonds. The smallest absolute Gasteiger partial charge is 0.165 e. The highest BCUT2D eigenvalue weighted by Crippen LogP contribution is 2.37. The predicted octanol–water partition coefficient (Wildman–Crippen LogP) is 3.25. The molecule has 0 aliphatic heterocycles. The largest absolute Gasteiger partial charge is 0.494 e. The van der Waals surface area contributed by atoms with Crippen molar-refractivity contribution in [3.8, 4) is 5.75 Å². The Hall–Kier alpha value is -1.49. The summed E-state index contributed by atoms with van der Waals surface area (Å²) in [7, 11) is 1.47. The van der Waals surface area contributed by atoms with Gasteiger partial charge in [-0.15, -0.1) is 0 Å². The minimum absolute atomic E-state index is 0.142. The second-order valence-electron chi connectivity index (χ2n) is 4.46. The van der Waals surface area contributed by atoms with E-state index in [0.717, 1.165) is 24.2 Å². The molecule has 19 heavy (non-hydrogen) atoms. The van der Waals surface area contributed by atoms with E-state index in [0.29, 0.717) is 5.92 Å². The first-order chi connectivity index (χ1) is 9.11. The Morgan fingerprint density at radius 2 is 2.37 bits per heavy atom. The number of benzene rings is 1. The summed E-state index contributed by atoms with van der Waals surface area (Å²) in [6.07, 6.45) is 4.24. The molecule has 3 N–H and O–H groups in total. The number of allylic oxidation sites excluding steroid dienone is 2. The lowest BCUT2D eigenvalue weighted by atomic mass is 9.96. The quantitative estimate of drug-likeness (QED) is 0.657. The van der Waals surface area contributed by atoms with Gasteiger partial charge in [0, 0.05) is 5.75 Å². The van der Waals surface area contributed by atoms with Crippen molar-refractivity contribution in [1.29, 1.82) is 5.41 Å². The number of ether oxygens (including phenoxy) is 1. The monoisotopic (exact) mass is 280 g/mol. The summed E-state index contributed by atoms with van der Waals surface area (Å²) in [5.74, 6) is 1.08. The Kier molecular flexibility index (Phi) is 4.47. The van der Waals surface area contributed by atoms with Gasteiger partial charge in [-0.3, -0.25) is 5.41 Å². The van der Waals surface area contributed by atoms with Crippen LogP contribution < -0.4 is 10.5 Å². The Bertz CT molecular complexity index is 516. The number of thioether (sulfide) groups is 1. The molecule has 1 atom stereocenters. The maximum absolute atomic E-state index is 13.4. The van der Waals surface area contributed by atoms with E-state index < -0.39 is 0 Å². The van der Waals surface area contributed by atoms with Gasteiger partial charge in [0.05, 0.1) is 7.11 Å². The summed E-state index contributed by atoms with van der Waals surface area (Å²) < 4.78 is 18.4. The van der Waals surface area contributed by atoms with Crippen LogP contribution >= 0.6 is 11.8 Å². The van der Waals surface area contributed by atoms with Crippen LogP contribution in [0, 0.1) is 17.1 Å². The van der Waals surface area contributed by atoms with Gasteiger partial charge in [-0.1, -0.05) is 23.9 Å². The first kappa shape index (κ1) is 13.9. The van der Waals surface area contributed by atoms with Gasteiger partial charge in [-0.2, -0.15) is 0 Å². The minimum Gasteiger partial charge on any atom is -0.494 e. The number of hydrogen-bond donors (Lipinski definition) is 2. The molecule has 0 fully saturated rings. The van der Waals surface area contributed by atoms with E-state index >= 15 is 0 Å². The van der Waals surface area contributed by atoms with Crippen molar-refractivity contribution >= 4 is 22.5 Å². The summed E-state index contributed by atoms with van der Waals surface area (Å²) in [5.41, 5.74) is 7.57. The number of nitrogens with one attached hydrogen (secondary N) is 1. The van der Waals surface area contributed by atoms with Crippen LogP contribution in [0.25, 0.3) is 5.57 Å². The average molecular weight is 280 g/mol. The van der Waals surface area contributed by atoms with Crippen molar-refractivity contribution in [1.82, 2.24) is 0 Å². The molecule has 1 aliphatic rings. The van der Waals surface area contributed by atoms with Crippen molar-refractivity contribution < 1.29 is 9.13 Å². The summed E-state index contributed by atoms with van der Waals surface area (Å²) in [6, 6.07) is 4.95. The third-order valence-corrected chi connectivity index (χ3v) is 4.12. The van der Waals surface area contributed by atoms with Crippen LogP contribution in [-0.4, -0.2) is 18.0 Å². The van der Waals surface area contributed by atoms with Crippen LogP contribution in [0.4, 0.5) is 4.39 Å². The molecule has 0 heterocycles. The van der Waals surface area contributed by atoms with Gasteiger partial charge in [-0.25, -0.2) is 4.39 Å². The van der Waals surface area contributed by atoms with Gasteiger partial charge in [0.25, 0.3) is 0 Å². The van der Waals surface area contributed by atoms with E-state index in [-0.39, 0.29) is 16.7 Å². The molecular weight excluding hydrogens is 263 g/mol. The van der Waals surface area contributed by atoms with E-state index in [4.69, 9.17) is 15.9 Å². The summed E-state index contributed by atoms with van der Waals surface area (Å²) >= 11 is 1.35. The fraction of sp³-hybridized carbons (Fsp3) is 0.357. The van der Waals surface area contributed by atoms with Gasteiger partial charge >= 0.3 is 0 Å². The zero-order valence-electron chi connectivity index (χ0n) is 10.8. The lowest BCUT2D eigenvalue weighted by molar-refractivity contribution is 0.386. The zero-order chi connectivity index (χ0) is 13.8. The normalized spacial score (nSPS) is 18.2. The van der Waals surface area contributed by atoms with E-state index in [1.54, 1.807) is 12.1 Å². The topological polar surface area (TPSA) is 59.1 Å². The molecular formula is C14H17FN2OS. The van der Waals surface area contributed by atoms with Gasteiger partial charge in [0.1, 0.15) is 0 Å². The summed E-state index contributed by atoms with van der Waals surface area (Å²) in [6.45, 7) is 0. The SMILES string of the molecule is COc1cc(C2=CCCC2CSC(=N)N)ccc1F. The number of nitrogens with two attached hydrogens (primary N) is 1. The number of halogens is 1. The second-order valence-corrected chi connectivity index (χ2v) is 5.52. The Balaban J connectivity index is 2.18. The molecule has 5 heteroatoms. The molecule has 1 aromatic rings. The number of hydrogen-bond acceptors (Lipinski definition) is 3. The average Bonchev–Trinajstić information content (AvgIpc) is 2.85. The fourth-order valence-electron chi connectivity index (χ4n) is 2.32. The molecule has 1 unspecified atom stereocenters. The van der Waals surface area contributed by atoms with Crippen molar-refractivity contribution in [3.05, 3.63) is 35.7 Å². The summed E-state index contributed by atoms with van der Waals surface area (Å²) in [5, 5.41) is 7.41.